The largest absolute Gasteiger partial charge is 0.462 e. The third-order valence-corrected chi connectivity index (χ3v) is 14.6. The van der Waals surface area contributed by atoms with Crippen LogP contribution in [0, 0.1) is 11.3 Å². The molecule has 6 bridgehead atoms. The van der Waals surface area contributed by atoms with Crippen LogP contribution in [0.15, 0.2) is 54.6 Å². The number of nitrogens with zero attached hydrogens (tertiary/aromatic N) is 7. The van der Waals surface area contributed by atoms with E-state index in [9.17, 15) is 29.1 Å². The lowest BCUT2D eigenvalue weighted by molar-refractivity contribution is -0.189. The van der Waals surface area contributed by atoms with Crippen LogP contribution in [-0.2, 0) is 48.0 Å². The van der Waals surface area contributed by atoms with E-state index in [2.05, 4.69) is 47.0 Å². The smallest absolute Gasteiger partial charge is 0.355 e. The standard InChI is InChI=1S/C50H67N9O8S/c1-12-41(60)55(9)33-22-30(5)58(26-33)48(64)56(10)43(29(3)4)45(61)53-37-24-40-52-38(27-68-40)32-17-18-39-35(23-32)36(44(57(39)13-2)34-16-14-20-51-42(34)31(6)66-11)25-49(7,8)28-67-47(63)50(65)19-15-21-59(54-50)46(37)62/h12,14,16-18,20,23,27,29-31,33,37,43,54,65H,1,13,15,19,21-22,24-26,28H2,2-11H3,(H,53,61)/t30-,31-,33+,37-,43-,50-/m0/s1. The number of likely N-dealkylation sites (tertiary alicyclic amines) is 1. The first-order valence-corrected chi connectivity index (χ1v) is 24.4. The molecule has 0 aliphatic carbocycles. The van der Waals surface area contributed by atoms with Crippen LogP contribution in [0.5, 0.6) is 0 Å². The average molecular weight is 954 g/mol. The quantitative estimate of drug-likeness (QED) is 0.130. The number of hydrogen-bond acceptors (Lipinski definition) is 12. The van der Waals surface area contributed by atoms with Crippen LogP contribution < -0.4 is 10.7 Å². The monoisotopic (exact) mass is 953 g/mol. The predicted octanol–water partition coefficient (Wildman–Crippen LogP) is 5.71. The summed E-state index contributed by atoms with van der Waals surface area (Å²) in [4.78, 5) is 84.4. The van der Waals surface area contributed by atoms with Crippen LogP contribution in [0.4, 0.5) is 4.79 Å². The summed E-state index contributed by atoms with van der Waals surface area (Å²) in [6, 6.07) is 7.20. The van der Waals surface area contributed by atoms with Gasteiger partial charge in [0, 0.05) is 98.7 Å². The maximum Gasteiger partial charge on any atom is 0.355 e. The number of pyridine rings is 1. The second kappa shape index (κ2) is 20.1. The number of hydrogen-bond donors (Lipinski definition) is 3. The fraction of sp³-hybridized carbons (Fsp3) is 0.540. The van der Waals surface area contributed by atoms with Gasteiger partial charge in [0.05, 0.1) is 40.8 Å². The minimum atomic E-state index is -2.24. The molecule has 6 heterocycles. The number of esters is 1. The highest BCUT2D eigenvalue weighted by Gasteiger charge is 2.46. The fourth-order valence-electron chi connectivity index (χ4n) is 9.98. The number of hydrazine groups is 1. The molecule has 3 aliphatic rings. The molecule has 366 valence electrons. The van der Waals surface area contributed by atoms with Crippen LogP contribution in [0.2, 0.25) is 0 Å². The zero-order valence-corrected chi connectivity index (χ0v) is 41.8. The Morgan fingerprint density at radius 2 is 1.93 bits per heavy atom. The molecule has 6 atom stereocenters. The molecular weight excluding hydrogens is 887 g/mol. The van der Waals surface area contributed by atoms with Gasteiger partial charge in [0.1, 0.15) is 12.1 Å². The van der Waals surface area contributed by atoms with Gasteiger partial charge in [-0.3, -0.25) is 24.4 Å². The summed E-state index contributed by atoms with van der Waals surface area (Å²) in [7, 11) is 4.92. The van der Waals surface area contributed by atoms with Crippen molar-refractivity contribution in [2.45, 2.75) is 123 Å². The number of nitrogens with one attached hydrogen (secondary N) is 2. The van der Waals surface area contributed by atoms with Gasteiger partial charge in [0.25, 0.3) is 5.91 Å². The van der Waals surface area contributed by atoms with Gasteiger partial charge in [-0.05, 0) is 81.9 Å². The molecule has 7 rings (SSSR count). The lowest BCUT2D eigenvalue weighted by Gasteiger charge is -2.40. The Balaban J connectivity index is 1.27. The maximum atomic E-state index is 14.7. The van der Waals surface area contributed by atoms with Gasteiger partial charge in [-0.15, -0.1) is 11.3 Å². The number of rotatable bonds is 10. The number of aliphatic hydroxyl groups is 1. The zero-order valence-electron chi connectivity index (χ0n) is 41.0. The lowest BCUT2D eigenvalue weighted by Crippen LogP contribution is -2.67. The number of likely N-dealkylation sites (N-methyl/N-ethyl adjacent to an activating group) is 2. The molecule has 2 saturated heterocycles. The highest BCUT2D eigenvalue weighted by Crippen LogP contribution is 2.42. The van der Waals surface area contributed by atoms with Crippen LogP contribution in [0.25, 0.3) is 33.4 Å². The average Bonchev–Trinajstić information content (AvgIpc) is 4.03. The topological polar surface area (TPSA) is 192 Å². The molecule has 18 heteroatoms. The Morgan fingerprint density at radius 1 is 1.18 bits per heavy atom. The molecule has 1 aromatic carbocycles. The van der Waals surface area contributed by atoms with Crippen molar-refractivity contribution in [1.29, 1.82) is 0 Å². The molecule has 0 radical (unpaired) electrons. The number of thiazole rings is 1. The Kier molecular flexibility index (Phi) is 14.8. The fourth-order valence-corrected chi connectivity index (χ4v) is 10.8. The van der Waals surface area contributed by atoms with Crippen LogP contribution in [0.3, 0.4) is 0 Å². The number of ether oxygens (including phenoxy) is 2. The van der Waals surface area contributed by atoms with Gasteiger partial charge in [-0.25, -0.2) is 14.6 Å². The maximum absolute atomic E-state index is 14.7. The number of cyclic esters (lactones) is 1. The molecule has 0 spiro atoms. The minimum Gasteiger partial charge on any atom is -0.462 e. The van der Waals surface area contributed by atoms with E-state index in [1.54, 1.807) is 37.2 Å². The van der Waals surface area contributed by atoms with E-state index in [1.807, 2.05) is 59.1 Å². The number of benzene rings is 1. The van der Waals surface area contributed by atoms with Crippen molar-refractivity contribution in [1.82, 2.24) is 45.0 Å². The predicted molar refractivity (Wildman–Crippen MR) is 260 cm³/mol. The van der Waals surface area contributed by atoms with Crippen molar-refractivity contribution in [3.63, 3.8) is 0 Å². The minimum absolute atomic E-state index is 0.0169. The Labute approximate surface area is 402 Å². The molecule has 4 aromatic rings. The van der Waals surface area contributed by atoms with Crippen molar-refractivity contribution in [3.05, 3.63) is 70.8 Å². The normalized spacial score (nSPS) is 22.9. The Morgan fingerprint density at radius 3 is 2.62 bits per heavy atom. The number of urea groups is 1. The summed E-state index contributed by atoms with van der Waals surface area (Å²) in [6.07, 6.45) is 3.99. The molecule has 3 N–H and O–H groups in total. The second-order valence-corrected chi connectivity index (χ2v) is 20.6. The molecule has 0 saturated carbocycles. The van der Waals surface area contributed by atoms with Crippen LogP contribution in [-0.4, -0.2) is 140 Å². The van der Waals surface area contributed by atoms with E-state index in [0.717, 1.165) is 39.0 Å². The third kappa shape index (κ3) is 9.91. The highest BCUT2D eigenvalue weighted by molar-refractivity contribution is 7.10. The van der Waals surface area contributed by atoms with Gasteiger partial charge >= 0.3 is 12.0 Å². The van der Waals surface area contributed by atoms with E-state index in [-0.39, 0.29) is 75.0 Å². The van der Waals surface area contributed by atoms with Gasteiger partial charge in [0.2, 0.25) is 17.5 Å². The van der Waals surface area contributed by atoms with Gasteiger partial charge < -0.3 is 39.2 Å². The number of carbonyl (C=O) groups excluding carboxylic acids is 5. The first-order valence-electron chi connectivity index (χ1n) is 23.5. The molecule has 2 fully saturated rings. The van der Waals surface area contributed by atoms with E-state index in [0.29, 0.717) is 30.1 Å². The Hall–Kier alpha value is -5.69. The summed E-state index contributed by atoms with van der Waals surface area (Å²) in [5, 5.41) is 19.5. The van der Waals surface area contributed by atoms with Crippen LogP contribution in [0.1, 0.15) is 90.1 Å². The van der Waals surface area contributed by atoms with Gasteiger partial charge in [-0.1, -0.05) is 40.3 Å². The zero-order chi connectivity index (χ0) is 49.4. The Bertz CT molecular complexity index is 2570. The van der Waals surface area contributed by atoms with Crippen molar-refractivity contribution in [2.24, 2.45) is 11.3 Å². The molecule has 68 heavy (non-hydrogen) atoms. The summed E-state index contributed by atoms with van der Waals surface area (Å²) >= 11 is 1.35. The number of methoxy groups -OCH3 is 1. The summed E-state index contributed by atoms with van der Waals surface area (Å²) in [5.74, 6) is -2.70. The molecule has 3 aromatic heterocycles. The van der Waals surface area contributed by atoms with E-state index in [4.69, 9.17) is 19.4 Å². The number of carbonyl (C=O) groups is 5. The summed E-state index contributed by atoms with van der Waals surface area (Å²) < 4.78 is 14.0. The van der Waals surface area contributed by atoms with Crippen LogP contribution >= 0.6 is 11.3 Å². The van der Waals surface area contributed by atoms with Crippen molar-refractivity contribution < 1.29 is 38.6 Å². The van der Waals surface area contributed by atoms with E-state index < -0.39 is 41.0 Å². The van der Waals surface area contributed by atoms with Gasteiger partial charge in [0.15, 0.2) is 0 Å². The number of fused-ring (bicyclic) bond motifs is 6. The first kappa shape index (κ1) is 50.2. The summed E-state index contributed by atoms with van der Waals surface area (Å²) in [6.45, 7) is 18.3. The number of aryl methyl sites for hydroxylation is 1. The first-order chi connectivity index (χ1) is 32.2. The van der Waals surface area contributed by atoms with Crippen molar-refractivity contribution in [3.8, 4) is 22.5 Å². The molecule has 5 amide bonds. The number of aromatic nitrogens is 3. The molecule has 3 aliphatic heterocycles. The SMILES string of the molecule is C=CC(=O)N(C)[C@@H]1C[C@H](C)N(C(=O)N(C)[C@H](C(=O)N[C@H]2Cc3nc(cs3)-c3ccc4c(c3)c(c(-c3cccnc3[C@H](C)OC)n4CC)CC(C)(C)COC(=O)[C@@]3(O)CCCN(N3)C2=O)C(C)C)C1. The molecular formula is C50H67N9O8S. The molecule has 0 unspecified atom stereocenters. The molecule has 17 nitrogen and oxygen atoms in total. The van der Waals surface area contributed by atoms with Crippen molar-refractivity contribution >= 4 is 52.0 Å². The lowest BCUT2D eigenvalue weighted by atomic mass is 9.84. The summed E-state index contributed by atoms with van der Waals surface area (Å²) in [5.41, 5.74) is 6.20. The second-order valence-electron chi connectivity index (χ2n) is 19.6. The van der Waals surface area contributed by atoms with E-state index in [1.165, 1.54) is 27.3 Å². The third-order valence-electron chi connectivity index (χ3n) is 13.7. The van der Waals surface area contributed by atoms with E-state index >= 15 is 0 Å². The number of amides is 5. The highest BCUT2D eigenvalue weighted by atomic mass is 32.1. The van der Waals surface area contributed by atoms with Gasteiger partial charge in [-0.2, -0.15) is 5.43 Å². The van der Waals surface area contributed by atoms with Crippen molar-refractivity contribution in [2.75, 3.05) is 40.9 Å².